The van der Waals surface area contributed by atoms with Crippen LogP contribution in [0.3, 0.4) is 0 Å². The number of aromatic nitrogens is 3. The number of carbonyl (C=O) groups is 2. The van der Waals surface area contributed by atoms with Crippen molar-refractivity contribution >= 4 is 23.2 Å². The molecule has 0 radical (unpaired) electrons. The van der Waals surface area contributed by atoms with Crippen LogP contribution in [0.25, 0.3) is 10.7 Å². The normalized spacial score (nSPS) is 17.3. The molecule has 0 unspecified atom stereocenters. The van der Waals surface area contributed by atoms with Crippen LogP contribution < -0.4 is 0 Å². The second-order valence-corrected chi connectivity index (χ2v) is 6.48. The summed E-state index contributed by atoms with van der Waals surface area (Å²) in [6, 6.07) is 3.55. The van der Waals surface area contributed by atoms with Gasteiger partial charge in [0.05, 0.1) is 24.4 Å². The Morgan fingerprint density at radius 2 is 2.04 bits per heavy atom. The van der Waals surface area contributed by atoms with E-state index in [1.54, 1.807) is 18.3 Å². The molecule has 25 heavy (non-hydrogen) atoms. The second kappa shape index (κ2) is 6.19. The van der Waals surface area contributed by atoms with Gasteiger partial charge in [0.25, 0.3) is 0 Å². The summed E-state index contributed by atoms with van der Waals surface area (Å²) in [5.41, 5.74) is 4.11. The van der Waals surface area contributed by atoms with Gasteiger partial charge in [0.15, 0.2) is 5.83 Å². The zero-order chi connectivity index (χ0) is 17.4. The first-order chi connectivity index (χ1) is 12.1. The van der Waals surface area contributed by atoms with Crippen molar-refractivity contribution in [2.45, 2.75) is 13.0 Å². The van der Waals surface area contributed by atoms with E-state index < -0.39 is 17.6 Å². The van der Waals surface area contributed by atoms with Gasteiger partial charge in [-0.3, -0.25) is 14.5 Å². The molecule has 7 nitrogen and oxygen atoms in total. The molecule has 126 valence electrons. The van der Waals surface area contributed by atoms with Crippen molar-refractivity contribution in [1.29, 1.82) is 0 Å². The van der Waals surface area contributed by atoms with Gasteiger partial charge in [0, 0.05) is 24.7 Å². The molecule has 0 atom stereocenters. The predicted molar refractivity (Wildman–Crippen MR) is 86.5 cm³/mol. The van der Waals surface area contributed by atoms with Gasteiger partial charge in [0.2, 0.25) is 0 Å². The predicted octanol–water partition coefficient (Wildman–Crippen LogP) is 1.51. The Morgan fingerprint density at radius 3 is 2.68 bits per heavy atom. The highest BCUT2D eigenvalue weighted by Crippen LogP contribution is 2.26. The number of rotatable bonds is 4. The van der Waals surface area contributed by atoms with Gasteiger partial charge >= 0.3 is 11.8 Å². The number of hydrogen-bond donors (Lipinski definition) is 0. The smallest absolute Gasteiger partial charge is 0.316 e. The first kappa shape index (κ1) is 15.6. The third kappa shape index (κ3) is 2.95. The summed E-state index contributed by atoms with van der Waals surface area (Å²) in [4.78, 5) is 31.3. The van der Waals surface area contributed by atoms with Crippen LogP contribution in [0.1, 0.15) is 12.1 Å². The summed E-state index contributed by atoms with van der Waals surface area (Å²) in [5.74, 6) is -1.68. The first-order valence-corrected chi connectivity index (χ1v) is 8.47. The van der Waals surface area contributed by atoms with Gasteiger partial charge in [-0.05, 0) is 12.1 Å². The molecule has 2 amide bonds. The highest BCUT2D eigenvalue weighted by atomic mass is 32.1. The van der Waals surface area contributed by atoms with E-state index in [1.165, 1.54) is 21.1 Å². The Hall–Kier alpha value is -2.90. The van der Waals surface area contributed by atoms with E-state index in [4.69, 9.17) is 0 Å². The fourth-order valence-electron chi connectivity index (χ4n) is 2.63. The molecule has 1 aliphatic carbocycles. The van der Waals surface area contributed by atoms with E-state index in [0.717, 1.165) is 5.01 Å². The van der Waals surface area contributed by atoms with Gasteiger partial charge in [0.1, 0.15) is 10.7 Å². The molecule has 0 bridgehead atoms. The third-order valence-electron chi connectivity index (χ3n) is 3.96. The number of piperazine rings is 1. The van der Waals surface area contributed by atoms with Crippen LogP contribution in [0.5, 0.6) is 0 Å². The van der Waals surface area contributed by atoms with Gasteiger partial charge in [-0.1, -0.05) is 5.73 Å². The number of thiazole rings is 1. The van der Waals surface area contributed by atoms with Crippen molar-refractivity contribution < 1.29 is 14.0 Å². The van der Waals surface area contributed by atoms with Crippen molar-refractivity contribution in [2.24, 2.45) is 0 Å². The van der Waals surface area contributed by atoms with Crippen molar-refractivity contribution in [3.05, 3.63) is 46.7 Å². The number of amides is 2. The molecule has 0 saturated carbocycles. The SMILES string of the molecule is O=C1C(=O)N(C2=C=C(F)C2)CCN1Cc1ccc(-c2nccs2)nn1. The zero-order valence-corrected chi connectivity index (χ0v) is 13.8. The van der Waals surface area contributed by atoms with Crippen LogP contribution in [0.2, 0.25) is 0 Å². The minimum Gasteiger partial charge on any atom is -0.327 e. The fourth-order valence-corrected chi connectivity index (χ4v) is 3.24. The Bertz CT molecular complexity index is 903. The summed E-state index contributed by atoms with van der Waals surface area (Å²) in [6.45, 7) is 0.880. The van der Waals surface area contributed by atoms with Crippen LogP contribution in [0.4, 0.5) is 4.39 Å². The lowest BCUT2D eigenvalue weighted by atomic mass is 10.1. The van der Waals surface area contributed by atoms with E-state index in [9.17, 15) is 14.0 Å². The molecule has 1 aliphatic heterocycles. The second-order valence-electron chi connectivity index (χ2n) is 5.58. The van der Waals surface area contributed by atoms with Gasteiger partial charge in [-0.15, -0.1) is 16.4 Å². The molecule has 4 rings (SSSR count). The summed E-state index contributed by atoms with van der Waals surface area (Å²) in [5, 5.41) is 10.8. The molecule has 2 aliphatic rings. The summed E-state index contributed by atoms with van der Waals surface area (Å²) >= 11 is 1.46. The maximum Gasteiger partial charge on any atom is 0.316 e. The molecule has 3 heterocycles. The molecule has 1 fully saturated rings. The van der Waals surface area contributed by atoms with Crippen LogP contribution in [0.15, 0.2) is 41.0 Å². The van der Waals surface area contributed by atoms with Crippen molar-refractivity contribution in [3.63, 3.8) is 0 Å². The third-order valence-corrected chi connectivity index (χ3v) is 4.76. The molecule has 0 aromatic carbocycles. The highest BCUT2D eigenvalue weighted by Gasteiger charge is 2.36. The number of halogens is 1. The van der Waals surface area contributed by atoms with E-state index in [1.807, 2.05) is 5.38 Å². The molecule has 2 aromatic heterocycles. The van der Waals surface area contributed by atoms with Crippen molar-refractivity contribution in [2.75, 3.05) is 13.1 Å². The Kier molecular flexibility index (Phi) is 3.87. The van der Waals surface area contributed by atoms with Crippen molar-refractivity contribution in [3.8, 4) is 10.7 Å². The average Bonchev–Trinajstić information content (AvgIpc) is 3.12. The topological polar surface area (TPSA) is 79.3 Å². The molecular formula is C16H12FN5O2S. The number of nitrogens with zero attached hydrogens (tertiary/aromatic N) is 5. The maximum atomic E-state index is 12.8. The van der Waals surface area contributed by atoms with Gasteiger partial charge in [-0.25, -0.2) is 9.37 Å². The summed E-state index contributed by atoms with van der Waals surface area (Å²) in [6.07, 6.45) is 1.75. The first-order valence-electron chi connectivity index (χ1n) is 7.59. The lowest BCUT2D eigenvalue weighted by Gasteiger charge is -2.35. The summed E-state index contributed by atoms with van der Waals surface area (Å²) in [7, 11) is 0. The maximum absolute atomic E-state index is 12.8. The van der Waals surface area contributed by atoms with Crippen molar-refractivity contribution in [1.82, 2.24) is 25.0 Å². The zero-order valence-electron chi connectivity index (χ0n) is 13.0. The highest BCUT2D eigenvalue weighted by molar-refractivity contribution is 7.13. The van der Waals surface area contributed by atoms with Crippen LogP contribution in [-0.2, 0) is 16.1 Å². The monoisotopic (exact) mass is 357 g/mol. The Morgan fingerprint density at radius 1 is 1.20 bits per heavy atom. The van der Waals surface area contributed by atoms with E-state index in [0.29, 0.717) is 30.2 Å². The van der Waals surface area contributed by atoms with E-state index in [-0.39, 0.29) is 13.0 Å². The van der Waals surface area contributed by atoms with Crippen LogP contribution in [-0.4, -0.2) is 49.9 Å². The fraction of sp³-hybridized carbons (Fsp3) is 0.250. The Balaban J connectivity index is 1.44. The minimum absolute atomic E-state index is 0.0582. The van der Waals surface area contributed by atoms with Gasteiger partial charge < -0.3 is 4.90 Å². The van der Waals surface area contributed by atoms with E-state index in [2.05, 4.69) is 20.9 Å². The quantitative estimate of drug-likeness (QED) is 0.612. The average molecular weight is 357 g/mol. The van der Waals surface area contributed by atoms with E-state index >= 15 is 0 Å². The standard InChI is InChI=1S/C16H12FN5O2S/c17-10-7-12(8-10)22-5-4-21(15(23)16(22)24)9-11-1-2-13(20-19-11)14-18-3-6-25-14/h1-3,6H,4-5,7,9H2. The molecule has 9 heteroatoms. The van der Waals surface area contributed by atoms with Gasteiger partial charge in [-0.2, -0.15) is 5.10 Å². The molecule has 1 saturated heterocycles. The Labute approximate surface area is 146 Å². The van der Waals surface area contributed by atoms with Crippen LogP contribution >= 0.6 is 11.3 Å². The summed E-state index contributed by atoms with van der Waals surface area (Å²) < 4.78 is 12.8. The lowest BCUT2D eigenvalue weighted by molar-refractivity contribution is -0.155. The molecule has 0 N–H and O–H groups in total. The molecule has 0 spiro atoms. The largest absolute Gasteiger partial charge is 0.327 e. The number of hydrogen-bond acceptors (Lipinski definition) is 6. The lowest BCUT2D eigenvalue weighted by Crippen LogP contribution is -2.53. The minimum atomic E-state index is -0.659. The number of carbonyl (C=O) groups excluding carboxylic acids is 2. The molecule has 2 aromatic rings. The van der Waals surface area contributed by atoms with Crippen LogP contribution in [0, 0.1) is 0 Å². The molecular weight excluding hydrogens is 345 g/mol.